The van der Waals surface area contributed by atoms with Gasteiger partial charge in [-0.15, -0.1) is 0 Å². The van der Waals surface area contributed by atoms with Gasteiger partial charge in [-0.2, -0.15) is 0 Å². The lowest BCUT2D eigenvalue weighted by atomic mass is 9.90. The molecule has 0 fully saturated rings. The van der Waals surface area contributed by atoms with E-state index in [1.54, 1.807) is 30.3 Å². The van der Waals surface area contributed by atoms with E-state index in [1.807, 2.05) is 6.08 Å². The van der Waals surface area contributed by atoms with Gasteiger partial charge in [-0.3, -0.25) is 0 Å². The van der Waals surface area contributed by atoms with Crippen molar-refractivity contribution in [3.63, 3.8) is 0 Å². The second-order valence-corrected chi connectivity index (χ2v) is 14.9. The molecule has 0 saturated carbocycles. The molecule has 164 valence electrons. The summed E-state index contributed by atoms with van der Waals surface area (Å²) in [5.74, 6) is -0.760. The average molecular weight is 443 g/mol. The van der Waals surface area contributed by atoms with E-state index in [0.717, 1.165) is 25.0 Å². The molecule has 0 bridgehead atoms. The molecule has 6 nitrogen and oxygen atoms in total. The van der Waals surface area contributed by atoms with Gasteiger partial charge in [0, 0.05) is 34.2 Å². The lowest BCUT2D eigenvalue weighted by Crippen LogP contribution is -2.44. The highest BCUT2D eigenvalue weighted by molar-refractivity contribution is 7.92. The third kappa shape index (κ3) is 6.15. The standard InChI is InChI=1S/C21H34O6SSi/c1-24-21(25-2,26-3)16-20(28(22,23)19-13-8-7-9-14-19)17-11-10-12-18(15-17)27-29(4,5)6/h7-9,13-15,17,20H,10-12,16H2,1-6H3. The van der Waals surface area contributed by atoms with Crippen molar-refractivity contribution in [2.45, 2.75) is 61.4 Å². The molecule has 0 aromatic heterocycles. The van der Waals surface area contributed by atoms with Crippen LogP contribution in [0.2, 0.25) is 19.6 Å². The van der Waals surface area contributed by atoms with Gasteiger partial charge >= 0.3 is 0 Å². The number of methoxy groups -OCH3 is 3. The van der Waals surface area contributed by atoms with E-state index in [9.17, 15) is 8.42 Å². The molecular weight excluding hydrogens is 408 g/mol. The molecule has 8 heteroatoms. The zero-order chi connectivity index (χ0) is 21.7. The normalized spacial score (nSPS) is 19.5. The first-order chi connectivity index (χ1) is 13.6. The van der Waals surface area contributed by atoms with E-state index in [4.69, 9.17) is 18.6 Å². The Hall–Kier alpha value is -1.19. The predicted molar refractivity (Wildman–Crippen MR) is 116 cm³/mol. The number of allylic oxidation sites excluding steroid dienone is 2. The molecule has 1 aliphatic carbocycles. The molecule has 0 N–H and O–H groups in total. The Morgan fingerprint density at radius 2 is 1.66 bits per heavy atom. The molecule has 0 radical (unpaired) electrons. The van der Waals surface area contributed by atoms with Crippen LogP contribution in [0.15, 0.2) is 47.1 Å². The Labute approximate surface area is 176 Å². The summed E-state index contributed by atoms with van der Waals surface area (Å²) in [5, 5.41) is -0.773. The van der Waals surface area contributed by atoms with Crippen molar-refractivity contribution >= 4 is 18.2 Å². The summed E-state index contributed by atoms with van der Waals surface area (Å²) in [6.07, 6.45) is 4.51. The van der Waals surface area contributed by atoms with Crippen molar-refractivity contribution in [3.8, 4) is 0 Å². The minimum Gasteiger partial charge on any atom is -0.548 e. The second-order valence-electron chi connectivity index (χ2n) is 8.30. The first kappa shape index (κ1) is 24.1. The van der Waals surface area contributed by atoms with Crippen molar-refractivity contribution in [1.29, 1.82) is 0 Å². The number of rotatable bonds is 10. The van der Waals surface area contributed by atoms with Crippen LogP contribution in [0.5, 0.6) is 0 Å². The SMILES string of the molecule is COC(CC(C1C=C(O[Si](C)(C)C)CCC1)S(=O)(=O)c1ccccc1)(OC)OC. The third-order valence-corrected chi connectivity index (χ3v) is 8.25. The Morgan fingerprint density at radius 1 is 1.07 bits per heavy atom. The van der Waals surface area contributed by atoms with Gasteiger partial charge in [-0.1, -0.05) is 18.2 Å². The van der Waals surface area contributed by atoms with Gasteiger partial charge in [0.05, 0.1) is 15.9 Å². The van der Waals surface area contributed by atoms with E-state index in [1.165, 1.54) is 21.3 Å². The van der Waals surface area contributed by atoms with Gasteiger partial charge in [0.15, 0.2) is 9.84 Å². The first-order valence-corrected chi connectivity index (χ1v) is 14.9. The Balaban J connectivity index is 2.48. The fourth-order valence-electron chi connectivity index (χ4n) is 3.71. The molecule has 1 aromatic rings. The van der Waals surface area contributed by atoms with E-state index in [2.05, 4.69) is 19.6 Å². The average Bonchev–Trinajstić information content (AvgIpc) is 2.69. The summed E-state index contributed by atoms with van der Waals surface area (Å²) >= 11 is 0. The van der Waals surface area contributed by atoms with Gasteiger partial charge in [0.2, 0.25) is 8.32 Å². The highest BCUT2D eigenvalue weighted by Crippen LogP contribution is 2.37. The maximum atomic E-state index is 13.6. The number of hydrogen-bond acceptors (Lipinski definition) is 6. The lowest BCUT2D eigenvalue weighted by molar-refractivity contribution is -0.355. The molecule has 2 unspecified atom stereocenters. The molecule has 29 heavy (non-hydrogen) atoms. The molecule has 0 heterocycles. The molecule has 0 aliphatic heterocycles. The van der Waals surface area contributed by atoms with Gasteiger partial charge < -0.3 is 18.6 Å². The van der Waals surface area contributed by atoms with Gasteiger partial charge in [0.1, 0.15) is 0 Å². The molecule has 2 atom stereocenters. The van der Waals surface area contributed by atoms with Crippen molar-refractivity contribution in [2.24, 2.45) is 5.92 Å². The van der Waals surface area contributed by atoms with Crippen LogP contribution in [0.1, 0.15) is 25.7 Å². The summed E-state index contributed by atoms with van der Waals surface area (Å²) in [7, 11) is -1.08. The summed E-state index contributed by atoms with van der Waals surface area (Å²) in [4.78, 5) is 0.286. The fraction of sp³-hybridized carbons (Fsp3) is 0.619. The van der Waals surface area contributed by atoms with E-state index in [0.29, 0.717) is 0 Å². The smallest absolute Gasteiger partial charge is 0.283 e. The fourth-order valence-corrected chi connectivity index (χ4v) is 6.65. The van der Waals surface area contributed by atoms with Crippen LogP contribution < -0.4 is 0 Å². The highest BCUT2D eigenvalue weighted by atomic mass is 32.2. The topological polar surface area (TPSA) is 71.1 Å². The molecular formula is C21H34O6SSi. The van der Waals surface area contributed by atoms with E-state index >= 15 is 0 Å². The predicted octanol–water partition coefficient (Wildman–Crippen LogP) is 4.35. The Kier molecular flexibility index (Phi) is 8.09. The maximum absolute atomic E-state index is 13.6. The monoisotopic (exact) mass is 442 g/mol. The van der Waals surface area contributed by atoms with Gasteiger partial charge in [0.25, 0.3) is 5.97 Å². The van der Waals surface area contributed by atoms with Crippen LogP contribution >= 0.6 is 0 Å². The zero-order valence-corrected chi connectivity index (χ0v) is 20.1. The quantitative estimate of drug-likeness (QED) is 0.396. The van der Waals surface area contributed by atoms with Gasteiger partial charge in [-0.05, 0) is 56.6 Å². The summed E-state index contributed by atoms with van der Waals surface area (Å²) in [5.41, 5.74) is 0. The highest BCUT2D eigenvalue weighted by Gasteiger charge is 2.43. The number of sulfone groups is 1. The minimum absolute atomic E-state index is 0.0507. The Bertz CT molecular complexity index is 773. The van der Waals surface area contributed by atoms with E-state index < -0.39 is 29.4 Å². The van der Waals surface area contributed by atoms with Crippen LogP contribution in [0, 0.1) is 5.92 Å². The first-order valence-electron chi connectivity index (χ1n) is 9.91. The number of hydrogen-bond donors (Lipinski definition) is 0. The summed E-state index contributed by atoms with van der Waals surface area (Å²) in [6, 6.07) is 8.52. The van der Waals surface area contributed by atoms with E-state index in [-0.39, 0.29) is 17.2 Å². The van der Waals surface area contributed by atoms with Crippen molar-refractivity contribution in [1.82, 2.24) is 0 Å². The molecule has 2 rings (SSSR count). The lowest BCUT2D eigenvalue weighted by Gasteiger charge is -2.36. The molecule has 1 aromatic carbocycles. The largest absolute Gasteiger partial charge is 0.548 e. The zero-order valence-electron chi connectivity index (χ0n) is 18.3. The third-order valence-electron chi connectivity index (χ3n) is 5.13. The number of ether oxygens (including phenoxy) is 3. The summed E-state index contributed by atoms with van der Waals surface area (Å²) < 4.78 is 49.8. The van der Waals surface area contributed by atoms with Crippen LogP contribution in [-0.2, 0) is 28.5 Å². The van der Waals surface area contributed by atoms with Crippen LogP contribution in [0.3, 0.4) is 0 Å². The molecule has 1 aliphatic rings. The van der Waals surface area contributed by atoms with Crippen LogP contribution in [0.4, 0.5) is 0 Å². The summed E-state index contributed by atoms with van der Waals surface area (Å²) in [6.45, 7) is 6.38. The number of benzene rings is 1. The van der Waals surface area contributed by atoms with Crippen molar-refractivity contribution < 1.29 is 27.1 Å². The van der Waals surface area contributed by atoms with Crippen molar-refractivity contribution in [2.75, 3.05) is 21.3 Å². The molecule has 0 spiro atoms. The second kappa shape index (κ2) is 9.74. The maximum Gasteiger partial charge on any atom is 0.283 e. The van der Waals surface area contributed by atoms with Crippen LogP contribution in [-0.4, -0.2) is 49.3 Å². The Morgan fingerprint density at radius 3 is 2.17 bits per heavy atom. The molecule has 0 saturated heterocycles. The van der Waals surface area contributed by atoms with Gasteiger partial charge in [-0.25, -0.2) is 8.42 Å². The minimum atomic E-state index is -3.66. The van der Waals surface area contributed by atoms with Crippen LogP contribution in [0.25, 0.3) is 0 Å². The molecule has 0 amide bonds. The van der Waals surface area contributed by atoms with Crippen molar-refractivity contribution in [3.05, 3.63) is 42.2 Å².